The summed E-state index contributed by atoms with van der Waals surface area (Å²) in [4.78, 5) is 17.3. The van der Waals surface area contributed by atoms with Gasteiger partial charge >= 0.3 is 0 Å². The Hall–Kier alpha value is -1.62. The zero-order chi connectivity index (χ0) is 16.4. The van der Waals surface area contributed by atoms with Gasteiger partial charge in [0.15, 0.2) is 0 Å². The van der Waals surface area contributed by atoms with Gasteiger partial charge in [0.25, 0.3) is 0 Å². The standard InChI is InChI=1S/C20H25N3O.ClH/c24-20(14-17-6-3-5-16-4-1-2-7-19(16)17)23-12-10-22(11-13-23)18-8-9-21-15-18;/h1-7,18,21H,8-15H2;1H. The zero-order valence-corrected chi connectivity index (χ0v) is 15.3. The van der Waals surface area contributed by atoms with Gasteiger partial charge in [0.2, 0.25) is 5.91 Å². The Morgan fingerprint density at radius 1 is 1.04 bits per heavy atom. The molecule has 5 heteroatoms. The van der Waals surface area contributed by atoms with Crippen molar-refractivity contribution in [3.05, 3.63) is 48.0 Å². The second kappa shape index (κ2) is 8.17. The smallest absolute Gasteiger partial charge is 0.227 e. The molecule has 2 saturated heterocycles. The number of hydrogen-bond acceptors (Lipinski definition) is 3. The minimum Gasteiger partial charge on any atom is -0.340 e. The van der Waals surface area contributed by atoms with Crippen molar-refractivity contribution in [2.24, 2.45) is 0 Å². The van der Waals surface area contributed by atoms with E-state index >= 15 is 0 Å². The van der Waals surface area contributed by atoms with Crippen molar-refractivity contribution in [3.8, 4) is 0 Å². The van der Waals surface area contributed by atoms with E-state index in [2.05, 4.69) is 40.5 Å². The maximum Gasteiger partial charge on any atom is 0.227 e. The Bertz CT molecular complexity index is 716. The predicted octanol–water partition coefficient (Wildman–Crippen LogP) is 2.31. The maximum absolute atomic E-state index is 12.7. The van der Waals surface area contributed by atoms with Crippen LogP contribution in [0.5, 0.6) is 0 Å². The lowest BCUT2D eigenvalue weighted by molar-refractivity contribution is -0.132. The molecule has 0 aromatic heterocycles. The first-order valence-electron chi connectivity index (χ1n) is 9.00. The molecule has 1 unspecified atom stereocenters. The molecule has 0 bridgehead atoms. The van der Waals surface area contributed by atoms with Crippen molar-refractivity contribution in [3.63, 3.8) is 0 Å². The first-order chi connectivity index (χ1) is 11.8. The quantitative estimate of drug-likeness (QED) is 0.913. The number of piperazine rings is 1. The number of carbonyl (C=O) groups is 1. The number of nitrogens with one attached hydrogen (secondary N) is 1. The minimum absolute atomic E-state index is 0. The van der Waals surface area contributed by atoms with Gasteiger partial charge < -0.3 is 10.2 Å². The summed E-state index contributed by atoms with van der Waals surface area (Å²) in [7, 11) is 0. The molecule has 134 valence electrons. The average Bonchev–Trinajstić information content (AvgIpc) is 3.17. The van der Waals surface area contributed by atoms with Crippen LogP contribution in [-0.2, 0) is 11.2 Å². The van der Waals surface area contributed by atoms with Crippen LogP contribution in [0.15, 0.2) is 42.5 Å². The van der Waals surface area contributed by atoms with E-state index in [1.165, 1.54) is 17.2 Å². The van der Waals surface area contributed by atoms with Gasteiger partial charge in [-0.2, -0.15) is 0 Å². The van der Waals surface area contributed by atoms with Crippen LogP contribution in [0.25, 0.3) is 10.8 Å². The number of amides is 1. The molecule has 2 aliphatic heterocycles. The number of nitrogens with zero attached hydrogens (tertiary/aromatic N) is 2. The van der Waals surface area contributed by atoms with E-state index in [-0.39, 0.29) is 18.3 Å². The van der Waals surface area contributed by atoms with Crippen molar-refractivity contribution in [2.45, 2.75) is 18.9 Å². The van der Waals surface area contributed by atoms with Crippen LogP contribution in [0.3, 0.4) is 0 Å². The molecule has 4 rings (SSSR count). The highest BCUT2D eigenvalue weighted by atomic mass is 35.5. The highest BCUT2D eigenvalue weighted by Crippen LogP contribution is 2.20. The molecule has 2 fully saturated rings. The Morgan fingerprint density at radius 3 is 2.56 bits per heavy atom. The van der Waals surface area contributed by atoms with Crippen LogP contribution in [0, 0.1) is 0 Å². The highest BCUT2D eigenvalue weighted by molar-refractivity contribution is 5.90. The van der Waals surface area contributed by atoms with Crippen LogP contribution in [0.4, 0.5) is 0 Å². The van der Waals surface area contributed by atoms with Crippen LogP contribution >= 0.6 is 12.4 Å². The topological polar surface area (TPSA) is 35.6 Å². The van der Waals surface area contributed by atoms with E-state index in [0.29, 0.717) is 12.5 Å². The molecule has 0 spiro atoms. The monoisotopic (exact) mass is 359 g/mol. The third-order valence-corrected chi connectivity index (χ3v) is 5.44. The lowest BCUT2D eigenvalue weighted by Crippen LogP contribution is -2.52. The van der Waals surface area contributed by atoms with Gasteiger partial charge in [0.05, 0.1) is 6.42 Å². The summed E-state index contributed by atoms with van der Waals surface area (Å²) in [5.41, 5.74) is 1.14. The fraction of sp³-hybridized carbons (Fsp3) is 0.450. The molecule has 0 radical (unpaired) electrons. The second-order valence-corrected chi connectivity index (χ2v) is 6.88. The van der Waals surface area contributed by atoms with Gasteiger partial charge in [0.1, 0.15) is 0 Å². The SMILES string of the molecule is Cl.O=C(Cc1cccc2ccccc12)N1CCN(C2CCNC2)CC1. The molecular formula is C20H26ClN3O. The first kappa shape index (κ1) is 18.2. The molecule has 2 heterocycles. The van der Waals surface area contributed by atoms with Gasteiger partial charge in [-0.15, -0.1) is 12.4 Å². The van der Waals surface area contributed by atoms with Crippen molar-refractivity contribution in [1.82, 2.24) is 15.1 Å². The summed E-state index contributed by atoms with van der Waals surface area (Å²) < 4.78 is 0. The molecule has 1 amide bonds. The number of fused-ring (bicyclic) bond motifs is 1. The van der Waals surface area contributed by atoms with E-state index in [0.717, 1.165) is 44.8 Å². The molecule has 0 saturated carbocycles. The number of rotatable bonds is 3. The molecule has 25 heavy (non-hydrogen) atoms. The van der Waals surface area contributed by atoms with Gasteiger partial charge in [-0.1, -0.05) is 42.5 Å². The summed E-state index contributed by atoms with van der Waals surface area (Å²) in [6.45, 7) is 5.97. The van der Waals surface area contributed by atoms with E-state index in [9.17, 15) is 4.79 Å². The fourth-order valence-electron chi connectivity index (χ4n) is 4.01. The van der Waals surface area contributed by atoms with Crippen LogP contribution < -0.4 is 5.32 Å². The number of carbonyl (C=O) groups excluding carboxylic acids is 1. The maximum atomic E-state index is 12.7. The van der Waals surface area contributed by atoms with Crippen LogP contribution in [-0.4, -0.2) is 61.0 Å². The Morgan fingerprint density at radius 2 is 1.80 bits per heavy atom. The van der Waals surface area contributed by atoms with Gasteiger partial charge in [-0.25, -0.2) is 0 Å². The molecule has 2 aromatic rings. The lowest BCUT2D eigenvalue weighted by Gasteiger charge is -2.37. The molecule has 2 aromatic carbocycles. The van der Waals surface area contributed by atoms with Gasteiger partial charge in [-0.05, 0) is 29.3 Å². The Labute approximate surface area is 155 Å². The van der Waals surface area contributed by atoms with Crippen LogP contribution in [0.1, 0.15) is 12.0 Å². The zero-order valence-electron chi connectivity index (χ0n) is 14.5. The van der Waals surface area contributed by atoms with Crippen molar-refractivity contribution < 1.29 is 4.79 Å². The molecule has 2 aliphatic rings. The van der Waals surface area contributed by atoms with Crippen molar-refractivity contribution >= 4 is 29.1 Å². The summed E-state index contributed by atoms with van der Waals surface area (Å²) in [5.74, 6) is 0.260. The largest absolute Gasteiger partial charge is 0.340 e. The average molecular weight is 360 g/mol. The summed E-state index contributed by atoms with van der Waals surface area (Å²) >= 11 is 0. The third-order valence-electron chi connectivity index (χ3n) is 5.44. The van der Waals surface area contributed by atoms with Crippen molar-refractivity contribution in [1.29, 1.82) is 0 Å². The summed E-state index contributed by atoms with van der Waals surface area (Å²) in [6, 6.07) is 15.2. The molecule has 0 aliphatic carbocycles. The molecule has 4 nitrogen and oxygen atoms in total. The molecule has 1 N–H and O–H groups in total. The predicted molar refractivity (Wildman–Crippen MR) is 104 cm³/mol. The van der Waals surface area contributed by atoms with Gasteiger partial charge in [0, 0.05) is 38.8 Å². The highest BCUT2D eigenvalue weighted by Gasteiger charge is 2.27. The summed E-state index contributed by atoms with van der Waals surface area (Å²) in [6.07, 6.45) is 1.75. The second-order valence-electron chi connectivity index (χ2n) is 6.88. The van der Waals surface area contributed by atoms with Gasteiger partial charge in [-0.3, -0.25) is 9.69 Å². The van der Waals surface area contributed by atoms with E-state index in [4.69, 9.17) is 0 Å². The van der Waals surface area contributed by atoms with E-state index in [1.54, 1.807) is 0 Å². The number of hydrogen-bond donors (Lipinski definition) is 1. The van der Waals surface area contributed by atoms with E-state index < -0.39 is 0 Å². The lowest BCUT2D eigenvalue weighted by atomic mass is 10.0. The summed E-state index contributed by atoms with van der Waals surface area (Å²) in [5, 5.41) is 5.84. The molecular weight excluding hydrogens is 334 g/mol. The first-order valence-corrected chi connectivity index (χ1v) is 9.00. The number of benzene rings is 2. The molecule has 1 atom stereocenters. The van der Waals surface area contributed by atoms with Crippen LogP contribution in [0.2, 0.25) is 0 Å². The van der Waals surface area contributed by atoms with E-state index in [1.807, 2.05) is 17.0 Å². The number of halogens is 1. The third kappa shape index (κ3) is 3.97. The van der Waals surface area contributed by atoms with Crippen molar-refractivity contribution in [2.75, 3.05) is 39.3 Å². The fourth-order valence-corrected chi connectivity index (χ4v) is 4.01. The normalized spacial score (nSPS) is 21.3. The minimum atomic E-state index is 0. The Balaban J connectivity index is 0.00000182. The Kier molecular flexibility index (Phi) is 5.94.